The van der Waals surface area contributed by atoms with Crippen LogP contribution in [0.1, 0.15) is 37.9 Å². The fourth-order valence-electron chi connectivity index (χ4n) is 2.01. The lowest BCUT2D eigenvalue weighted by Gasteiger charge is -2.33. The summed E-state index contributed by atoms with van der Waals surface area (Å²) in [7, 11) is 0. The van der Waals surface area contributed by atoms with Crippen molar-refractivity contribution in [2.45, 2.75) is 45.2 Å². The SMILES string of the molecule is Cc1noc(CNC(=O)C2(C)CCCCN2)n1. The Labute approximate surface area is 100 Å². The maximum atomic E-state index is 12.0. The minimum atomic E-state index is -0.465. The molecule has 0 aromatic carbocycles. The molecule has 0 aliphatic carbocycles. The second-order valence-corrected chi connectivity index (χ2v) is 4.63. The van der Waals surface area contributed by atoms with E-state index in [1.807, 2.05) is 6.92 Å². The van der Waals surface area contributed by atoms with Crippen molar-refractivity contribution in [3.63, 3.8) is 0 Å². The van der Waals surface area contributed by atoms with E-state index in [1.165, 1.54) is 0 Å². The van der Waals surface area contributed by atoms with Gasteiger partial charge in [0.1, 0.15) is 0 Å². The molecule has 1 amide bonds. The van der Waals surface area contributed by atoms with E-state index >= 15 is 0 Å². The van der Waals surface area contributed by atoms with Crippen molar-refractivity contribution in [3.05, 3.63) is 11.7 Å². The summed E-state index contributed by atoms with van der Waals surface area (Å²) in [5, 5.41) is 9.75. The van der Waals surface area contributed by atoms with Gasteiger partial charge in [0.05, 0.1) is 12.1 Å². The van der Waals surface area contributed by atoms with Crippen LogP contribution in [0.4, 0.5) is 0 Å². The molecule has 2 N–H and O–H groups in total. The lowest BCUT2D eigenvalue weighted by molar-refractivity contribution is -0.128. The topological polar surface area (TPSA) is 80.0 Å². The van der Waals surface area contributed by atoms with Gasteiger partial charge in [-0.1, -0.05) is 5.16 Å². The highest BCUT2D eigenvalue weighted by atomic mass is 16.5. The van der Waals surface area contributed by atoms with Gasteiger partial charge in [-0.2, -0.15) is 4.98 Å². The Morgan fingerprint density at radius 2 is 2.41 bits per heavy atom. The molecule has 1 unspecified atom stereocenters. The third kappa shape index (κ3) is 2.82. The molecule has 6 heteroatoms. The van der Waals surface area contributed by atoms with E-state index in [0.717, 1.165) is 25.8 Å². The van der Waals surface area contributed by atoms with Crippen molar-refractivity contribution in [1.82, 2.24) is 20.8 Å². The van der Waals surface area contributed by atoms with Crippen LogP contribution in [-0.2, 0) is 11.3 Å². The van der Waals surface area contributed by atoms with Crippen LogP contribution >= 0.6 is 0 Å². The van der Waals surface area contributed by atoms with Crippen LogP contribution in [0.2, 0.25) is 0 Å². The Hall–Kier alpha value is -1.43. The Morgan fingerprint density at radius 3 is 3.00 bits per heavy atom. The van der Waals surface area contributed by atoms with Gasteiger partial charge in [0, 0.05) is 0 Å². The van der Waals surface area contributed by atoms with Gasteiger partial charge >= 0.3 is 0 Å². The van der Waals surface area contributed by atoms with Crippen LogP contribution in [0.15, 0.2) is 4.52 Å². The van der Waals surface area contributed by atoms with Crippen LogP contribution in [0.3, 0.4) is 0 Å². The van der Waals surface area contributed by atoms with Gasteiger partial charge in [0.15, 0.2) is 5.82 Å². The summed E-state index contributed by atoms with van der Waals surface area (Å²) >= 11 is 0. The number of hydrogen-bond donors (Lipinski definition) is 2. The van der Waals surface area contributed by atoms with E-state index in [2.05, 4.69) is 20.8 Å². The second kappa shape index (κ2) is 4.83. The number of carbonyl (C=O) groups excluding carboxylic acids is 1. The molecule has 0 spiro atoms. The monoisotopic (exact) mass is 238 g/mol. The fourth-order valence-corrected chi connectivity index (χ4v) is 2.01. The van der Waals surface area contributed by atoms with Gasteiger partial charge in [0.25, 0.3) is 0 Å². The number of hydrogen-bond acceptors (Lipinski definition) is 5. The standard InChI is InChI=1S/C11H18N4O2/c1-8-14-9(17-15-8)7-12-10(16)11(2)5-3-4-6-13-11/h13H,3-7H2,1-2H3,(H,12,16). The summed E-state index contributed by atoms with van der Waals surface area (Å²) in [6.07, 6.45) is 3.07. The Kier molecular flexibility index (Phi) is 3.42. The Bertz CT molecular complexity index is 396. The number of nitrogens with one attached hydrogen (secondary N) is 2. The Balaban J connectivity index is 1.88. The van der Waals surface area contributed by atoms with E-state index < -0.39 is 5.54 Å². The zero-order valence-corrected chi connectivity index (χ0v) is 10.2. The first-order valence-corrected chi connectivity index (χ1v) is 5.93. The molecule has 0 saturated carbocycles. The van der Waals surface area contributed by atoms with Gasteiger partial charge in [0.2, 0.25) is 11.8 Å². The molecule has 2 rings (SSSR count). The maximum Gasteiger partial charge on any atom is 0.246 e. The number of amides is 1. The molecule has 1 aromatic rings. The molecular formula is C11H18N4O2. The third-order valence-electron chi connectivity index (χ3n) is 3.09. The smallest absolute Gasteiger partial charge is 0.246 e. The van der Waals surface area contributed by atoms with Crippen molar-refractivity contribution in [2.24, 2.45) is 0 Å². The highest BCUT2D eigenvalue weighted by molar-refractivity contribution is 5.85. The summed E-state index contributed by atoms with van der Waals surface area (Å²) < 4.78 is 4.94. The first-order chi connectivity index (χ1) is 8.10. The molecule has 94 valence electrons. The van der Waals surface area contributed by atoms with E-state index in [9.17, 15) is 4.79 Å². The summed E-state index contributed by atoms with van der Waals surface area (Å²) in [6.45, 7) is 4.86. The van der Waals surface area contributed by atoms with Gasteiger partial charge < -0.3 is 15.2 Å². The van der Waals surface area contributed by atoms with Crippen LogP contribution in [0, 0.1) is 6.92 Å². The summed E-state index contributed by atoms with van der Waals surface area (Å²) in [5.41, 5.74) is -0.465. The lowest BCUT2D eigenvalue weighted by Crippen LogP contribution is -2.56. The molecule has 1 atom stereocenters. The Morgan fingerprint density at radius 1 is 1.59 bits per heavy atom. The first-order valence-electron chi connectivity index (χ1n) is 5.93. The number of nitrogens with zero attached hydrogens (tertiary/aromatic N) is 2. The van der Waals surface area contributed by atoms with Gasteiger partial charge in [-0.25, -0.2) is 0 Å². The molecule has 1 fully saturated rings. The van der Waals surface area contributed by atoms with Crippen LogP contribution < -0.4 is 10.6 Å². The van der Waals surface area contributed by atoms with Crippen molar-refractivity contribution in [1.29, 1.82) is 0 Å². The largest absolute Gasteiger partial charge is 0.345 e. The number of piperidine rings is 1. The normalized spacial score (nSPS) is 24.6. The molecule has 1 aliphatic heterocycles. The van der Waals surface area contributed by atoms with E-state index in [4.69, 9.17) is 4.52 Å². The summed E-state index contributed by atoms with van der Waals surface area (Å²) in [5.74, 6) is 1.01. The average molecular weight is 238 g/mol. The van der Waals surface area contributed by atoms with Crippen LogP contribution in [0.25, 0.3) is 0 Å². The predicted molar refractivity (Wildman–Crippen MR) is 61.1 cm³/mol. The molecule has 1 saturated heterocycles. The van der Waals surface area contributed by atoms with Gasteiger partial charge in [-0.05, 0) is 39.7 Å². The van der Waals surface area contributed by atoms with Gasteiger partial charge in [-0.3, -0.25) is 4.79 Å². The second-order valence-electron chi connectivity index (χ2n) is 4.63. The van der Waals surface area contributed by atoms with Gasteiger partial charge in [-0.15, -0.1) is 0 Å². The highest BCUT2D eigenvalue weighted by Gasteiger charge is 2.34. The lowest BCUT2D eigenvalue weighted by atomic mass is 9.90. The number of aromatic nitrogens is 2. The third-order valence-corrected chi connectivity index (χ3v) is 3.09. The quantitative estimate of drug-likeness (QED) is 0.802. The predicted octanol–water partition coefficient (Wildman–Crippen LogP) is 0.526. The molecule has 1 aromatic heterocycles. The van der Waals surface area contributed by atoms with Crippen LogP contribution in [0.5, 0.6) is 0 Å². The molecule has 0 bridgehead atoms. The molecule has 1 aliphatic rings. The zero-order valence-electron chi connectivity index (χ0n) is 10.2. The average Bonchev–Trinajstić information content (AvgIpc) is 2.73. The van der Waals surface area contributed by atoms with Crippen molar-refractivity contribution in [2.75, 3.05) is 6.54 Å². The molecule has 2 heterocycles. The molecular weight excluding hydrogens is 220 g/mol. The number of carbonyl (C=O) groups is 1. The minimum absolute atomic E-state index is 0.00643. The van der Waals surface area contributed by atoms with E-state index in [1.54, 1.807) is 6.92 Å². The van der Waals surface area contributed by atoms with Crippen molar-refractivity contribution >= 4 is 5.91 Å². The van der Waals surface area contributed by atoms with Crippen molar-refractivity contribution in [3.8, 4) is 0 Å². The highest BCUT2D eigenvalue weighted by Crippen LogP contribution is 2.18. The minimum Gasteiger partial charge on any atom is -0.345 e. The summed E-state index contributed by atoms with van der Waals surface area (Å²) in [4.78, 5) is 16.1. The van der Waals surface area contributed by atoms with Crippen molar-refractivity contribution < 1.29 is 9.32 Å². The van der Waals surface area contributed by atoms with E-state index in [0.29, 0.717) is 11.7 Å². The van der Waals surface area contributed by atoms with Crippen LogP contribution in [-0.4, -0.2) is 28.1 Å². The fraction of sp³-hybridized carbons (Fsp3) is 0.727. The van der Waals surface area contributed by atoms with E-state index in [-0.39, 0.29) is 12.5 Å². The molecule has 6 nitrogen and oxygen atoms in total. The molecule has 17 heavy (non-hydrogen) atoms. The maximum absolute atomic E-state index is 12.0. The zero-order chi connectivity index (χ0) is 12.3. The number of aryl methyl sites for hydroxylation is 1. The number of rotatable bonds is 3. The first kappa shape index (κ1) is 12.0. The summed E-state index contributed by atoms with van der Waals surface area (Å²) in [6, 6.07) is 0. The molecule has 0 radical (unpaired) electrons.